The van der Waals surface area contributed by atoms with Crippen molar-refractivity contribution in [3.05, 3.63) is 53.1 Å². The van der Waals surface area contributed by atoms with Gasteiger partial charge in [-0.25, -0.2) is 0 Å². The van der Waals surface area contributed by atoms with E-state index in [2.05, 4.69) is 20.8 Å². The number of benzene rings is 2. The molecule has 2 heterocycles. The Labute approximate surface area is 163 Å². The first-order valence-corrected chi connectivity index (χ1v) is 9.38. The Morgan fingerprint density at radius 1 is 1.22 bits per heavy atom. The first kappa shape index (κ1) is 17.6. The van der Waals surface area contributed by atoms with E-state index in [1.165, 1.54) is 11.8 Å². The molecule has 27 heavy (non-hydrogen) atoms. The molecule has 10 heteroatoms. The van der Waals surface area contributed by atoms with E-state index in [0.29, 0.717) is 28.2 Å². The molecule has 8 nitrogen and oxygen atoms in total. The van der Waals surface area contributed by atoms with Crippen LogP contribution in [0.5, 0.6) is 11.5 Å². The van der Waals surface area contributed by atoms with Gasteiger partial charge in [-0.1, -0.05) is 35.5 Å². The number of rotatable bonds is 6. The Morgan fingerprint density at radius 2 is 2.11 bits per heavy atom. The van der Waals surface area contributed by atoms with Gasteiger partial charge in [0.05, 0.1) is 11.4 Å². The molecule has 3 aromatic rings. The van der Waals surface area contributed by atoms with Crippen molar-refractivity contribution < 1.29 is 14.3 Å². The molecule has 0 unspecified atom stereocenters. The molecule has 1 aromatic heterocycles. The average molecular weight is 404 g/mol. The van der Waals surface area contributed by atoms with Crippen LogP contribution in [0.25, 0.3) is 5.69 Å². The maximum absolute atomic E-state index is 12.2. The minimum Gasteiger partial charge on any atom is -0.454 e. The standard InChI is InChI=1S/C17H14ClN5O3S/c18-12-2-1-3-13(7-12)23-17(20-21-22-23)27-9-16(24)19-8-11-4-5-14-15(6-11)26-10-25-14/h1-7H,8-10H2,(H,19,24). The number of halogens is 1. The number of hydrogen-bond donors (Lipinski definition) is 1. The van der Waals surface area contributed by atoms with Crippen LogP contribution in [0.3, 0.4) is 0 Å². The van der Waals surface area contributed by atoms with Crippen LogP contribution < -0.4 is 14.8 Å². The van der Waals surface area contributed by atoms with Gasteiger partial charge >= 0.3 is 0 Å². The number of hydrogen-bond acceptors (Lipinski definition) is 7. The summed E-state index contributed by atoms with van der Waals surface area (Å²) in [6, 6.07) is 12.7. The summed E-state index contributed by atoms with van der Waals surface area (Å²) >= 11 is 7.25. The molecule has 2 aromatic carbocycles. The first-order chi connectivity index (χ1) is 13.2. The van der Waals surface area contributed by atoms with Crippen LogP contribution in [-0.4, -0.2) is 38.7 Å². The van der Waals surface area contributed by atoms with Crippen molar-refractivity contribution in [2.75, 3.05) is 12.5 Å². The van der Waals surface area contributed by atoms with Crippen LogP contribution in [0.1, 0.15) is 5.56 Å². The lowest BCUT2D eigenvalue weighted by molar-refractivity contribution is -0.118. The van der Waals surface area contributed by atoms with Crippen molar-refractivity contribution in [3.63, 3.8) is 0 Å². The van der Waals surface area contributed by atoms with E-state index in [1.54, 1.807) is 16.8 Å². The molecule has 0 saturated carbocycles. The predicted molar refractivity (Wildman–Crippen MR) is 99.3 cm³/mol. The Balaban J connectivity index is 1.33. The highest BCUT2D eigenvalue weighted by atomic mass is 35.5. The molecule has 138 valence electrons. The van der Waals surface area contributed by atoms with Gasteiger partial charge in [0.25, 0.3) is 0 Å². The van der Waals surface area contributed by atoms with Gasteiger partial charge in [-0.2, -0.15) is 4.68 Å². The number of carbonyl (C=O) groups excluding carboxylic acids is 1. The number of ether oxygens (including phenoxy) is 2. The van der Waals surface area contributed by atoms with Crippen LogP contribution >= 0.6 is 23.4 Å². The van der Waals surface area contributed by atoms with E-state index in [9.17, 15) is 4.79 Å². The largest absolute Gasteiger partial charge is 0.454 e. The molecule has 1 aliphatic rings. The lowest BCUT2D eigenvalue weighted by atomic mass is 10.2. The van der Waals surface area contributed by atoms with Crippen LogP contribution in [-0.2, 0) is 11.3 Å². The number of fused-ring (bicyclic) bond motifs is 1. The molecule has 1 N–H and O–H groups in total. The number of aromatic nitrogens is 4. The summed E-state index contributed by atoms with van der Waals surface area (Å²) in [5.41, 5.74) is 1.66. The monoisotopic (exact) mass is 403 g/mol. The van der Waals surface area contributed by atoms with Crippen LogP contribution in [0, 0.1) is 0 Å². The van der Waals surface area contributed by atoms with E-state index >= 15 is 0 Å². The summed E-state index contributed by atoms with van der Waals surface area (Å²) < 4.78 is 12.1. The minimum absolute atomic E-state index is 0.127. The number of amides is 1. The SMILES string of the molecule is O=C(CSc1nnnn1-c1cccc(Cl)c1)NCc1ccc2c(c1)OCO2. The van der Waals surface area contributed by atoms with Gasteiger partial charge in [-0.3, -0.25) is 4.79 Å². The fourth-order valence-corrected chi connectivity index (χ4v) is 3.38. The van der Waals surface area contributed by atoms with Gasteiger partial charge < -0.3 is 14.8 Å². The molecular formula is C17H14ClN5O3S. The van der Waals surface area contributed by atoms with E-state index in [4.69, 9.17) is 21.1 Å². The topological polar surface area (TPSA) is 91.2 Å². The number of thioether (sulfide) groups is 1. The van der Waals surface area contributed by atoms with E-state index in [1.807, 2.05) is 30.3 Å². The van der Waals surface area contributed by atoms with Gasteiger partial charge in [0, 0.05) is 11.6 Å². The second-order valence-electron chi connectivity index (χ2n) is 5.61. The zero-order valence-electron chi connectivity index (χ0n) is 14.0. The highest BCUT2D eigenvalue weighted by Gasteiger charge is 2.14. The molecule has 1 aliphatic heterocycles. The van der Waals surface area contributed by atoms with Crippen molar-refractivity contribution >= 4 is 29.3 Å². The molecule has 0 fully saturated rings. The Kier molecular flexibility index (Phi) is 5.12. The summed E-state index contributed by atoms with van der Waals surface area (Å²) in [6.45, 7) is 0.623. The van der Waals surface area contributed by atoms with Crippen LogP contribution in [0.4, 0.5) is 0 Å². The lowest BCUT2D eigenvalue weighted by Crippen LogP contribution is -2.24. The molecule has 4 rings (SSSR count). The Morgan fingerprint density at radius 3 is 3.00 bits per heavy atom. The first-order valence-electron chi connectivity index (χ1n) is 8.01. The smallest absolute Gasteiger partial charge is 0.231 e. The summed E-state index contributed by atoms with van der Waals surface area (Å²) in [5.74, 6) is 1.47. The summed E-state index contributed by atoms with van der Waals surface area (Å²) in [4.78, 5) is 12.2. The summed E-state index contributed by atoms with van der Waals surface area (Å²) in [5, 5.41) is 15.5. The maximum Gasteiger partial charge on any atom is 0.231 e. The fourth-order valence-electron chi connectivity index (χ4n) is 2.47. The molecule has 0 aliphatic carbocycles. The molecular weight excluding hydrogens is 390 g/mol. The van der Waals surface area contributed by atoms with Crippen molar-refractivity contribution in [2.45, 2.75) is 11.7 Å². The molecule has 0 radical (unpaired) electrons. The van der Waals surface area contributed by atoms with Crippen LogP contribution in [0.15, 0.2) is 47.6 Å². The van der Waals surface area contributed by atoms with Crippen molar-refractivity contribution in [3.8, 4) is 17.2 Å². The highest BCUT2D eigenvalue weighted by Crippen LogP contribution is 2.32. The zero-order valence-corrected chi connectivity index (χ0v) is 15.5. The maximum atomic E-state index is 12.2. The Hall–Kier alpha value is -2.78. The Bertz CT molecular complexity index is 981. The molecule has 1 amide bonds. The third kappa shape index (κ3) is 4.15. The lowest BCUT2D eigenvalue weighted by Gasteiger charge is -2.07. The van der Waals surface area contributed by atoms with E-state index in [0.717, 1.165) is 11.3 Å². The second-order valence-corrected chi connectivity index (χ2v) is 6.99. The minimum atomic E-state index is -0.127. The number of tetrazole rings is 1. The number of nitrogens with one attached hydrogen (secondary N) is 1. The fraction of sp³-hybridized carbons (Fsp3) is 0.176. The third-order valence-electron chi connectivity index (χ3n) is 3.75. The highest BCUT2D eigenvalue weighted by molar-refractivity contribution is 7.99. The number of nitrogens with zero attached hydrogens (tertiary/aromatic N) is 4. The van der Waals surface area contributed by atoms with Gasteiger partial charge in [-0.15, -0.1) is 5.10 Å². The van der Waals surface area contributed by atoms with Gasteiger partial charge in [0.1, 0.15) is 0 Å². The van der Waals surface area contributed by atoms with Crippen molar-refractivity contribution in [1.29, 1.82) is 0 Å². The van der Waals surface area contributed by atoms with Gasteiger partial charge in [0.15, 0.2) is 11.5 Å². The summed E-state index contributed by atoms with van der Waals surface area (Å²) in [6.07, 6.45) is 0. The van der Waals surface area contributed by atoms with E-state index in [-0.39, 0.29) is 18.5 Å². The van der Waals surface area contributed by atoms with Gasteiger partial charge in [-0.05, 0) is 46.3 Å². The van der Waals surface area contributed by atoms with Gasteiger partial charge in [0.2, 0.25) is 17.9 Å². The second kappa shape index (κ2) is 7.85. The predicted octanol–water partition coefficient (Wildman–Crippen LogP) is 2.45. The average Bonchev–Trinajstić information content (AvgIpc) is 3.33. The molecule has 0 atom stereocenters. The van der Waals surface area contributed by atoms with Crippen LogP contribution in [0.2, 0.25) is 5.02 Å². The van der Waals surface area contributed by atoms with E-state index < -0.39 is 0 Å². The molecule has 0 bridgehead atoms. The zero-order chi connectivity index (χ0) is 18.6. The quantitative estimate of drug-likeness (QED) is 0.632. The third-order valence-corrected chi connectivity index (χ3v) is 4.91. The van der Waals surface area contributed by atoms with Crippen molar-refractivity contribution in [1.82, 2.24) is 25.5 Å². The normalized spacial score (nSPS) is 12.2. The van der Waals surface area contributed by atoms with Crippen molar-refractivity contribution in [2.24, 2.45) is 0 Å². The number of carbonyl (C=O) groups is 1. The molecule has 0 saturated heterocycles. The summed E-state index contributed by atoms with van der Waals surface area (Å²) in [7, 11) is 0. The molecule has 0 spiro atoms.